The van der Waals surface area contributed by atoms with Crippen molar-refractivity contribution >= 4 is 10.9 Å². The largest absolute Gasteiger partial charge is 0.343 e. The first-order valence-electron chi connectivity index (χ1n) is 6.71. The van der Waals surface area contributed by atoms with Crippen molar-refractivity contribution in [1.82, 2.24) is 9.88 Å². The van der Waals surface area contributed by atoms with E-state index in [0.29, 0.717) is 0 Å². The van der Waals surface area contributed by atoms with Gasteiger partial charge in [-0.05, 0) is 18.1 Å². The number of rotatable bonds is 4. The fraction of sp³-hybridized carbons (Fsp3) is 0.467. The summed E-state index contributed by atoms with van der Waals surface area (Å²) in [5, 5.41) is 4.92. The van der Waals surface area contributed by atoms with Gasteiger partial charge >= 0.3 is 0 Å². The molecule has 2 heteroatoms. The molecule has 0 saturated carbocycles. The number of unbranched alkanes of at least 4 members (excludes halogenated alkanes) is 2. The number of hydrogen-bond acceptors (Lipinski definition) is 1. The first kappa shape index (κ1) is 10.8. The minimum absolute atomic E-state index is 1.04. The second kappa shape index (κ2) is 4.53. The van der Waals surface area contributed by atoms with E-state index in [1.165, 1.54) is 48.0 Å². The van der Waals surface area contributed by atoms with E-state index >= 15 is 0 Å². The Morgan fingerprint density at radius 1 is 1.18 bits per heavy atom. The highest BCUT2D eigenvalue weighted by atomic mass is 15.0. The Morgan fingerprint density at radius 2 is 2.06 bits per heavy atom. The van der Waals surface area contributed by atoms with Crippen LogP contribution in [0.2, 0.25) is 0 Å². The number of aromatic nitrogens is 1. The van der Waals surface area contributed by atoms with Crippen molar-refractivity contribution < 1.29 is 0 Å². The van der Waals surface area contributed by atoms with Crippen LogP contribution in [0, 0.1) is 0 Å². The molecule has 1 aliphatic heterocycles. The van der Waals surface area contributed by atoms with E-state index in [4.69, 9.17) is 0 Å². The van der Waals surface area contributed by atoms with Gasteiger partial charge in [-0.3, -0.25) is 0 Å². The topological polar surface area (TPSA) is 17.0 Å². The van der Waals surface area contributed by atoms with Crippen LogP contribution >= 0.6 is 0 Å². The van der Waals surface area contributed by atoms with Crippen LogP contribution in [-0.2, 0) is 19.6 Å². The molecule has 0 fully saturated rings. The third-order valence-electron chi connectivity index (χ3n) is 3.77. The predicted octanol–water partition coefficient (Wildman–Crippen LogP) is 3.43. The van der Waals surface area contributed by atoms with E-state index in [1.807, 2.05) is 0 Å². The second-order valence-electron chi connectivity index (χ2n) is 4.90. The van der Waals surface area contributed by atoms with E-state index in [-0.39, 0.29) is 0 Å². The van der Waals surface area contributed by atoms with Crippen LogP contribution in [0.1, 0.15) is 37.4 Å². The van der Waals surface area contributed by atoms with Crippen LogP contribution in [0.4, 0.5) is 0 Å². The number of nitrogens with one attached hydrogen (secondary N) is 1. The molecule has 2 heterocycles. The third-order valence-corrected chi connectivity index (χ3v) is 3.77. The average molecular weight is 228 g/mol. The monoisotopic (exact) mass is 228 g/mol. The zero-order valence-electron chi connectivity index (χ0n) is 10.5. The Bertz CT molecular complexity index is 525. The van der Waals surface area contributed by atoms with E-state index in [0.717, 1.165) is 13.1 Å². The molecule has 0 atom stereocenters. The highest BCUT2D eigenvalue weighted by molar-refractivity contribution is 5.86. The lowest BCUT2D eigenvalue weighted by molar-refractivity contribution is 0.594. The number of para-hydroxylation sites is 1. The summed E-state index contributed by atoms with van der Waals surface area (Å²) in [4.78, 5) is 0. The van der Waals surface area contributed by atoms with E-state index in [9.17, 15) is 0 Å². The van der Waals surface area contributed by atoms with Gasteiger partial charge in [-0.2, -0.15) is 0 Å². The Labute approximate surface area is 103 Å². The SMILES string of the molecule is CCCCCn1c2c(c3ccccc31)CNC2. The highest BCUT2D eigenvalue weighted by Gasteiger charge is 2.20. The fourth-order valence-corrected chi connectivity index (χ4v) is 2.91. The van der Waals surface area contributed by atoms with Gasteiger partial charge < -0.3 is 9.88 Å². The summed E-state index contributed by atoms with van der Waals surface area (Å²) in [5.74, 6) is 0. The van der Waals surface area contributed by atoms with Crippen molar-refractivity contribution in [1.29, 1.82) is 0 Å². The highest BCUT2D eigenvalue weighted by Crippen LogP contribution is 2.29. The molecule has 0 unspecified atom stereocenters. The summed E-state index contributed by atoms with van der Waals surface area (Å²) >= 11 is 0. The van der Waals surface area contributed by atoms with Crippen LogP contribution in [0.5, 0.6) is 0 Å². The predicted molar refractivity (Wildman–Crippen MR) is 72.0 cm³/mol. The lowest BCUT2D eigenvalue weighted by Crippen LogP contribution is -2.07. The van der Waals surface area contributed by atoms with Crippen LogP contribution in [0.25, 0.3) is 10.9 Å². The Morgan fingerprint density at radius 3 is 2.94 bits per heavy atom. The molecule has 1 aromatic carbocycles. The van der Waals surface area contributed by atoms with Gasteiger partial charge in [0.15, 0.2) is 0 Å². The normalized spacial score (nSPS) is 14.4. The van der Waals surface area contributed by atoms with Gasteiger partial charge in [0.1, 0.15) is 0 Å². The molecular weight excluding hydrogens is 208 g/mol. The van der Waals surface area contributed by atoms with Crippen molar-refractivity contribution in [3.63, 3.8) is 0 Å². The maximum atomic E-state index is 3.47. The Kier molecular flexibility index (Phi) is 2.89. The van der Waals surface area contributed by atoms with Gasteiger partial charge in [0.2, 0.25) is 0 Å². The molecule has 0 amide bonds. The first-order chi connectivity index (χ1) is 8.42. The summed E-state index contributed by atoms with van der Waals surface area (Å²) in [7, 11) is 0. The van der Waals surface area contributed by atoms with Crippen LogP contribution in [-0.4, -0.2) is 4.57 Å². The van der Waals surface area contributed by atoms with Crippen LogP contribution < -0.4 is 5.32 Å². The molecule has 2 nitrogen and oxygen atoms in total. The van der Waals surface area contributed by atoms with Crippen LogP contribution in [0.3, 0.4) is 0 Å². The molecule has 0 bridgehead atoms. The summed E-state index contributed by atoms with van der Waals surface area (Å²) in [6, 6.07) is 8.83. The van der Waals surface area contributed by atoms with Crippen molar-refractivity contribution in [2.24, 2.45) is 0 Å². The molecule has 2 aromatic rings. The number of hydrogen-bond donors (Lipinski definition) is 1. The zero-order valence-corrected chi connectivity index (χ0v) is 10.5. The van der Waals surface area contributed by atoms with Crippen molar-refractivity contribution in [2.75, 3.05) is 0 Å². The molecule has 17 heavy (non-hydrogen) atoms. The molecule has 90 valence electrons. The minimum atomic E-state index is 1.04. The average Bonchev–Trinajstić information content (AvgIpc) is 2.92. The van der Waals surface area contributed by atoms with Gasteiger partial charge in [0.05, 0.1) is 0 Å². The Hall–Kier alpha value is -1.28. The van der Waals surface area contributed by atoms with Crippen molar-refractivity contribution in [3.05, 3.63) is 35.5 Å². The van der Waals surface area contributed by atoms with Gasteiger partial charge in [-0.1, -0.05) is 38.0 Å². The third kappa shape index (κ3) is 1.77. The number of nitrogens with zero attached hydrogens (tertiary/aromatic N) is 1. The first-order valence-corrected chi connectivity index (χ1v) is 6.71. The molecule has 1 N–H and O–H groups in total. The van der Waals surface area contributed by atoms with Crippen molar-refractivity contribution in [2.45, 2.75) is 45.8 Å². The maximum Gasteiger partial charge on any atom is 0.0486 e. The zero-order chi connectivity index (χ0) is 11.7. The quantitative estimate of drug-likeness (QED) is 0.793. The molecule has 1 aromatic heterocycles. The number of aryl methyl sites for hydroxylation is 1. The number of benzene rings is 1. The second-order valence-corrected chi connectivity index (χ2v) is 4.90. The molecule has 3 rings (SSSR count). The maximum absolute atomic E-state index is 3.47. The van der Waals surface area contributed by atoms with Gasteiger partial charge in [0, 0.05) is 36.2 Å². The minimum Gasteiger partial charge on any atom is -0.343 e. The van der Waals surface area contributed by atoms with Gasteiger partial charge in [0.25, 0.3) is 0 Å². The lowest BCUT2D eigenvalue weighted by atomic mass is 10.1. The van der Waals surface area contributed by atoms with Crippen molar-refractivity contribution in [3.8, 4) is 0 Å². The summed E-state index contributed by atoms with van der Waals surface area (Å²) < 4.78 is 2.53. The molecule has 0 aliphatic carbocycles. The standard InChI is InChI=1S/C15H20N2/c1-2-3-6-9-17-14-8-5-4-7-12(14)13-10-16-11-15(13)17/h4-5,7-8,16H,2-3,6,9-11H2,1H3. The Balaban J connectivity index is 2.03. The smallest absolute Gasteiger partial charge is 0.0486 e. The van der Waals surface area contributed by atoms with E-state index < -0.39 is 0 Å². The van der Waals surface area contributed by atoms with Crippen LogP contribution in [0.15, 0.2) is 24.3 Å². The van der Waals surface area contributed by atoms with Gasteiger partial charge in [-0.15, -0.1) is 0 Å². The van der Waals surface area contributed by atoms with Gasteiger partial charge in [-0.25, -0.2) is 0 Å². The number of fused-ring (bicyclic) bond motifs is 3. The molecule has 0 spiro atoms. The summed E-state index contributed by atoms with van der Waals surface area (Å²) in [6.45, 7) is 5.51. The van der Waals surface area contributed by atoms with E-state index in [2.05, 4.69) is 41.1 Å². The molecular formula is C15H20N2. The summed E-state index contributed by atoms with van der Waals surface area (Å²) in [6.07, 6.45) is 3.91. The molecule has 0 saturated heterocycles. The fourth-order valence-electron chi connectivity index (χ4n) is 2.91. The molecule has 0 radical (unpaired) electrons. The summed E-state index contributed by atoms with van der Waals surface area (Å²) in [5.41, 5.74) is 4.47. The lowest BCUT2D eigenvalue weighted by Gasteiger charge is -2.08. The van der Waals surface area contributed by atoms with E-state index in [1.54, 1.807) is 0 Å². The molecule has 1 aliphatic rings.